The zero-order valence-electron chi connectivity index (χ0n) is 12.6. The summed E-state index contributed by atoms with van der Waals surface area (Å²) in [7, 11) is 0. The molecular weight excluding hydrogens is 292 g/mol. The SMILES string of the molecule is CCNC(=O)C1COCCN1c1cc(Cl)nc(C(C)C)n1. The molecule has 1 fully saturated rings. The van der Waals surface area contributed by atoms with Crippen molar-refractivity contribution in [3.05, 3.63) is 17.0 Å². The number of nitrogens with one attached hydrogen (secondary N) is 1. The van der Waals surface area contributed by atoms with Crippen molar-refractivity contribution in [3.63, 3.8) is 0 Å². The smallest absolute Gasteiger partial charge is 0.245 e. The molecule has 0 aliphatic carbocycles. The quantitative estimate of drug-likeness (QED) is 0.855. The van der Waals surface area contributed by atoms with Gasteiger partial charge in [0.1, 0.15) is 22.8 Å². The molecule has 7 heteroatoms. The van der Waals surface area contributed by atoms with Crippen LogP contribution >= 0.6 is 11.6 Å². The molecule has 2 rings (SSSR count). The van der Waals surface area contributed by atoms with E-state index in [2.05, 4.69) is 15.3 Å². The number of hydrogen-bond acceptors (Lipinski definition) is 5. The number of ether oxygens (including phenoxy) is 1. The van der Waals surface area contributed by atoms with Crippen LogP contribution in [0, 0.1) is 0 Å². The largest absolute Gasteiger partial charge is 0.377 e. The van der Waals surface area contributed by atoms with Gasteiger partial charge in [-0.2, -0.15) is 0 Å². The third-order valence-electron chi connectivity index (χ3n) is 3.29. The van der Waals surface area contributed by atoms with Crippen LogP contribution < -0.4 is 10.2 Å². The molecule has 0 radical (unpaired) electrons. The molecule has 1 saturated heterocycles. The number of morpholine rings is 1. The Kier molecular flexibility index (Phi) is 5.36. The Bertz CT molecular complexity index is 510. The lowest BCUT2D eigenvalue weighted by atomic mass is 10.2. The van der Waals surface area contributed by atoms with Gasteiger partial charge >= 0.3 is 0 Å². The summed E-state index contributed by atoms with van der Waals surface area (Å²) in [5.74, 6) is 1.47. The molecule has 1 aliphatic heterocycles. The second-order valence-corrected chi connectivity index (χ2v) is 5.63. The first kappa shape index (κ1) is 16.0. The van der Waals surface area contributed by atoms with Gasteiger partial charge in [0, 0.05) is 25.1 Å². The van der Waals surface area contributed by atoms with Gasteiger partial charge in [0.2, 0.25) is 5.91 Å². The maximum atomic E-state index is 12.2. The molecule has 6 nitrogen and oxygen atoms in total. The third kappa shape index (κ3) is 3.83. The number of aromatic nitrogens is 2. The molecule has 1 N–H and O–H groups in total. The Balaban J connectivity index is 2.30. The standard InChI is InChI=1S/C14H21ClN4O2/c1-4-16-14(20)10-8-21-6-5-19(10)12-7-11(15)17-13(18-12)9(2)3/h7,9-10H,4-6,8H2,1-3H3,(H,16,20). The van der Waals surface area contributed by atoms with Crippen molar-refractivity contribution in [1.29, 1.82) is 0 Å². The van der Waals surface area contributed by atoms with Crippen LogP contribution in [0.25, 0.3) is 0 Å². The first-order valence-corrected chi connectivity index (χ1v) is 7.57. The van der Waals surface area contributed by atoms with Gasteiger partial charge in [-0.1, -0.05) is 25.4 Å². The molecule has 1 amide bonds. The van der Waals surface area contributed by atoms with E-state index in [1.807, 2.05) is 25.7 Å². The summed E-state index contributed by atoms with van der Waals surface area (Å²) in [6, 6.07) is 1.31. The molecule has 2 heterocycles. The lowest BCUT2D eigenvalue weighted by Crippen LogP contribution is -2.54. The number of halogens is 1. The molecule has 0 aromatic carbocycles. The summed E-state index contributed by atoms with van der Waals surface area (Å²) in [4.78, 5) is 22.9. The van der Waals surface area contributed by atoms with Crippen molar-refractivity contribution >= 4 is 23.3 Å². The van der Waals surface area contributed by atoms with Crippen LogP contribution in [-0.2, 0) is 9.53 Å². The summed E-state index contributed by atoms with van der Waals surface area (Å²) in [6.45, 7) is 8.02. The van der Waals surface area contributed by atoms with Crippen molar-refractivity contribution in [1.82, 2.24) is 15.3 Å². The third-order valence-corrected chi connectivity index (χ3v) is 3.49. The maximum Gasteiger partial charge on any atom is 0.245 e. The minimum absolute atomic E-state index is 0.0574. The molecular formula is C14H21ClN4O2. The van der Waals surface area contributed by atoms with E-state index in [0.29, 0.717) is 43.1 Å². The van der Waals surface area contributed by atoms with Gasteiger partial charge in [-0.15, -0.1) is 0 Å². The first-order valence-electron chi connectivity index (χ1n) is 7.19. The van der Waals surface area contributed by atoms with Crippen LogP contribution in [0.4, 0.5) is 5.82 Å². The zero-order chi connectivity index (χ0) is 15.4. The Morgan fingerprint density at radius 2 is 2.33 bits per heavy atom. The van der Waals surface area contributed by atoms with E-state index >= 15 is 0 Å². The van der Waals surface area contributed by atoms with Crippen LogP contribution in [0.15, 0.2) is 6.07 Å². The highest BCUT2D eigenvalue weighted by Crippen LogP contribution is 2.23. The fraction of sp³-hybridized carbons (Fsp3) is 0.643. The van der Waals surface area contributed by atoms with Crippen molar-refractivity contribution in [2.75, 3.05) is 31.2 Å². The molecule has 1 aromatic rings. The number of likely N-dealkylation sites (N-methyl/N-ethyl adjacent to an activating group) is 1. The number of carbonyl (C=O) groups is 1. The second-order valence-electron chi connectivity index (χ2n) is 5.24. The molecule has 1 unspecified atom stereocenters. The van der Waals surface area contributed by atoms with E-state index in [0.717, 1.165) is 0 Å². The number of carbonyl (C=O) groups excluding carboxylic acids is 1. The number of rotatable bonds is 4. The van der Waals surface area contributed by atoms with Crippen LogP contribution in [0.1, 0.15) is 32.5 Å². The number of hydrogen-bond donors (Lipinski definition) is 1. The van der Waals surface area contributed by atoms with Crippen LogP contribution in [0.2, 0.25) is 5.15 Å². The molecule has 1 atom stereocenters. The van der Waals surface area contributed by atoms with Gasteiger partial charge in [0.15, 0.2) is 0 Å². The van der Waals surface area contributed by atoms with Crippen molar-refractivity contribution in [2.45, 2.75) is 32.7 Å². The lowest BCUT2D eigenvalue weighted by molar-refractivity contribution is -0.124. The van der Waals surface area contributed by atoms with E-state index < -0.39 is 0 Å². The number of nitrogens with zero attached hydrogens (tertiary/aromatic N) is 3. The minimum atomic E-state index is -0.385. The molecule has 116 valence electrons. The summed E-state index contributed by atoms with van der Waals surface area (Å²) in [6.07, 6.45) is 0. The predicted molar refractivity (Wildman–Crippen MR) is 81.8 cm³/mol. The molecule has 0 saturated carbocycles. The van der Waals surface area contributed by atoms with Gasteiger partial charge in [-0.05, 0) is 6.92 Å². The highest BCUT2D eigenvalue weighted by molar-refractivity contribution is 6.29. The Labute approximate surface area is 129 Å². The molecule has 21 heavy (non-hydrogen) atoms. The average molecular weight is 313 g/mol. The maximum absolute atomic E-state index is 12.2. The fourth-order valence-electron chi connectivity index (χ4n) is 2.22. The number of amides is 1. The van der Waals surface area contributed by atoms with E-state index in [1.54, 1.807) is 6.07 Å². The number of anilines is 1. The molecule has 0 spiro atoms. The van der Waals surface area contributed by atoms with Crippen molar-refractivity contribution in [2.24, 2.45) is 0 Å². The topological polar surface area (TPSA) is 67.3 Å². The van der Waals surface area contributed by atoms with E-state index in [4.69, 9.17) is 16.3 Å². The summed E-state index contributed by atoms with van der Waals surface area (Å²) < 4.78 is 5.43. The van der Waals surface area contributed by atoms with E-state index in [9.17, 15) is 4.79 Å². The van der Waals surface area contributed by atoms with Gasteiger partial charge in [-0.25, -0.2) is 9.97 Å². The minimum Gasteiger partial charge on any atom is -0.377 e. The Morgan fingerprint density at radius 1 is 1.57 bits per heavy atom. The summed E-state index contributed by atoms with van der Waals surface area (Å²) >= 11 is 6.09. The van der Waals surface area contributed by atoms with Crippen LogP contribution in [0.3, 0.4) is 0 Å². The highest BCUT2D eigenvalue weighted by atomic mass is 35.5. The monoisotopic (exact) mass is 312 g/mol. The highest BCUT2D eigenvalue weighted by Gasteiger charge is 2.30. The zero-order valence-corrected chi connectivity index (χ0v) is 13.4. The van der Waals surface area contributed by atoms with E-state index in [1.165, 1.54) is 0 Å². The Hall–Kier alpha value is -1.40. The van der Waals surface area contributed by atoms with Gasteiger partial charge in [-0.3, -0.25) is 4.79 Å². The van der Waals surface area contributed by atoms with Gasteiger partial charge in [0.25, 0.3) is 0 Å². The lowest BCUT2D eigenvalue weighted by Gasteiger charge is -2.35. The molecule has 0 bridgehead atoms. The van der Waals surface area contributed by atoms with Gasteiger partial charge in [0.05, 0.1) is 13.2 Å². The fourth-order valence-corrected chi connectivity index (χ4v) is 2.40. The van der Waals surface area contributed by atoms with Gasteiger partial charge < -0.3 is 15.0 Å². The first-order chi connectivity index (χ1) is 10.0. The molecule has 1 aliphatic rings. The van der Waals surface area contributed by atoms with Crippen LogP contribution in [0.5, 0.6) is 0 Å². The summed E-state index contributed by atoms with van der Waals surface area (Å²) in [5, 5.41) is 3.22. The van der Waals surface area contributed by atoms with Crippen LogP contribution in [-0.4, -0.2) is 48.2 Å². The predicted octanol–water partition coefficient (Wildman–Crippen LogP) is 1.59. The normalized spacial score (nSPS) is 18.9. The molecule has 1 aromatic heterocycles. The Morgan fingerprint density at radius 3 is 3.00 bits per heavy atom. The summed E-state index contributed by atoms with van der Waals surface area (Å²) in [5.41, 5.74) is 0. The van der Waals surface area contributed by atoms with Crippen molar-refractivity contribution in [3.8, 4) is 0 Å². The van der Waals surface area contributed by atoms with E-state index in [-0.39, 0.29) is 17.9 Å². The van der Waals surface area contributed by atoms with Crippen molar-refractivity contribution < 1.29 is 9.53 Å². The average Bonchev–Trinajstić information content (AvgIpc) is 2.46. The second kappa shape index (κ2) is 7.04.